The van der Waals surface area contributed by atoms with E-state index in [9.17, 15) is 9.50 Å². The molecule has 4 aromatic rings. The van der Waals surface area contributed by atoms with Crippen LogP contribution >= 0.6 is 11.3 Å². The molecule has 174 valence electrons. The van der Waals surface area contributed by atoms with Crippen molar-refractivity contribution in [3.8, 4) is 11.6 Å². The van der Waals surface area contributed by atoms with Gasteiger partial charge in [0.1, 0.15) is 24.5 Å². The number of nitrogens with zero attached hydrogens (tertiary/aromatic N) is 5. The number of aliphatic hydroxyl groups excluding tert-OH is 1. The van der Waals surface area contributed by atoms with Gasteiger partial charge in [-0.3, -0.25) is 10.00 Å². The predicted octanol–water partition coefficient (Wildman–Crippen LogP) is 2.68. The van der Waals surface area contributed by atoms with Gasteiger partial charge < -0.3 is 24.5 Å². The van der Waals surface area contributed by atoms with E-state index in [1.54, 1.807) is 16.9 Å². The lowest BCUT2D eigenvalue weighted by Gasteiger charge is -2.14. The van der Waals surface area contributed by atoms with Crippen molar-refractivity contribution < 1.29 is 19.0 Å². The van der Waals surface area contributed by atoms with E-state index in [0.29, 0.717) is 35.4 Å². The highest BCUT2D eigenvalue weighted by Crippen LogP contribution is 2.32. The molecule has 0 radical (unpaired) electrons. The van der Waals surface area contributed by atoms with Crippen molar-refractivity contribution in [3.05, 3.63) is 41.0 Å². The third-order valence-corrected chi connectivity index (χ3v) is 6.20. The summed E-state index contributed by atoms with van der Waals surface area (Å²) >= 11 is 1.35. The van der Waals surface area contributed by atoms with Gasteiger partial charge >= 0.3 is 0 Å². The zero-order chi connectivity index (χ0) is 22.8. The van der Waals surface area contributed by atoms with E-state index in [2.05, 4.69) is 25.7 Å². The van der Waals surface area contributed by atoms with Gasteiger partial charge in [0.25, 0.3) is 0 Å². The van der Waals surface area contributed by atoms with Crippen molar-refractivity contribution in [2.75, 3.05) is 31.7 Å². The lowest BCUT2D eigenvalue weighted by atomic mass is 10.3. The minimum Gasteiger partial charge on any atom is -0.470 e. The van der Waals surface area contributed by atoms with Crippen LogP contribution in [0.2, 0.25) is 0 Å². The molecule has 0 bridgehead atoms. The smallest absolute Gasteiger partial charge is 0.244 e. The zero-order valence-corrected chi connectivity index (χ0v) is 18.8. The van der Waals surface area contributed by atoms with E-state index >= 15 is 0 Å². The maximum absolute atomic E-state index is 12.4. The van der Waals surface area contributed by atoms with Crippen molar-refractivity contribution in [1.82, 2.24) is 29.6 Å². The Bertz CT molecular complexity index is 1230. The van der Waals surface area contributed by atoms with E-state index in [1.807, 2.05) is 35.5 Å². The van der Waals surface area contributed by atoms with Crippen LogP contribution in [0.3, 0.4) is 0 Å². The van der Waals surface area contributed by atoms with E-state index in [-0.39, 0.29) is 12.6 Å². The highest BCUT2D eigenvalue weighted by Gasteiger charge is 2.22. The second-order valence-electron chi connectivity index (χ2n) is 7.66. The molecule has 1 aliphatic heterocycles. The lowest BCUT2D eigenvalue weighted by Crippen LogP contribution is -2.22. The fraction of sp³-hybridized carbons (Fsp3) is 0.381. The Morgan fingerprint density at radius 1 is 1.42 bits per heavy atom. The van der Waals surface area contributed by atoms with Crippen LogP contribution < -0.4 is 15.4 Å². The number of halogens is 1. The maximum atomic E-state index is 12.4. The Hall–Kier alpha value is -3.06. The molecule has 2 atom stereocenters. The molecule has 1 aliphatic rings. The number of hydrogen-bond acceptors (Lipinski definition) is 9. The second-order valence-corrected chi connectivity index (χ2v) is 8.60. The summed E-state index contributed by atoms with van der Waals surface area (Å²) in [7, 11) is 1.86. The topological polar surface area (TPSA) is 111 Å². The molecule has 1 saturated heterocycles. The van der Waals surface area contributed by atoms with Gasteiger partial charge in [-0.05, 0) is 12.1 Å². The van der Waals surface area contributed by atoms with Gasteiger partial charge in [-0.25, -0.2) is 9.37 Å². The largest absolute Gasteiger partial charge is 0.470 e. The van der Waals surface area contributed by atoms with Crippen LogP contribution in [0.1, 0.15) is 17.5 Å². The number of aryl methyl sites for hydroxylation is 1. The van der Waals surface area contributed by atoms with Crippen molar-refractivity contribution >= 4 is 34.0 Å². The molecule has 0 aromatic carbocycles. The highest BCUT2D eigenvalue weighted by atomic mass is 32.1. The van der Waals surface area contributed by atoms with Crippen LogP contribution in [0.15, 0.2) is 36.1 Å². The van der Waals surface area contributed by atoms with E-state index < -0.39 is 12.9 Å². The number of ether oxygens (including phenoxy) is 2. The summed E-state index contributed by atoms with van der Waals surface area (Å²) in [5.74, 6) is 0.822. The number of alkyl halides is 1. The molecule has 5 rings (SSSR count). The first kappa shape index (κ1) is 21.8. The van der Waals surface area contributed by atoms with Crippen molar-refractivity contribution in [1.29, 1.82) is 0 Å². The van der Waals surface area contributed by atoms with Gasteiger partial charge in [-0.1, -0.05) is 0 Å². The first-order chi connectivity index (χ1) is 16.1. The van der Waals surface area contributed by atoms with E-state index in [4.69, 9.17) is 9.47 Å². The first-order valence-corrected chi connectivity index (χ1v) is 11.4. The number of hydrogen-bond donors (Lipinski definition) is 3. The zero-order valence-electron chi connectivity index (χ0n) is 17.9. The minimum atomic E-state index is -0.931. The van der Waals surface area contributed by atoms with Crippen LogP contribution in [-0.4, -0.2) is 62.0 Å². The summed E-state index contributed by atoms with van der Waals surface area (Å²) in [6, 6.07) is 3.68. The molecular formula is C21H24FN7O3S. The normalized spacial score (nSPS) is 17.0. The SMILES string of the molecule is Cn1cc(-n2ccc3nc(Nc4csc(C(O)NCCF)c4)nc(O[C@H]4CCOC4)c32)cn1. The van der Waals surface area contributed by atoms with Crippen molar-refractivity contribution in [3.63, 3.8) is 0 Å². The lowest BCUT2D eigenvalue weighted by molar-refractivity contribution is 0.139. The number of rotatable bonds is 9. The number of nitrogens with one attached hydrogen (secondary N) is 2. The fourth-order valence-electron chi connectivity index (χ4n) is 3.65. The molecular weight excluding hydrogens is 449 g/mol. The number of anilines is 2. The molecule has 0 aliphatic carbocycles. The molecule has 12 heteroatoms. The summed E-state index contributed by atoms with van der Waals surface area (Å²) < 4.78 is 27.7. The Morgan fingerprint density at radius 2 is 2.33 bits per heavy atom. The molecule has 0 saturated carbocycles. The van der Waals surface area contributed by atoms with Crippen LogP contribution in [0.5, 0.6) is 5.88 Å². The maximum Gasteiger partial charge on any atom is 0.244 e. The molecule has 0 spiro atoms. The molecule has 10 nitrogen and oxygen atoms in total. The van der Waals surface area contributed by atoms with Gasteiger partial charge in [0.2, 0.25) is 11.8 Å². The van der Waals surface area contributed by atoms with Crippen LogP contribution in [0, 0.1) is 0 Å². The van der Waals surface area contributed by atoms with Gasteiger partial charge in [-0.2, -0.15) is 10.1 Å². The van der Waals surface area contributed by atoms with E-state index in [0.717, 1.165) is 23.3 Å². The number of fused-ring (bicyclic) bond motifs is 1. The van der Waals surface area contributed by atoms with Crippen molar-refractivity contribution in [2.45, 2.75) is 18.8 Å². The third-order valence-electron chi connectivity index (χ3n) is 5.21. The quantitative estimate of drug-likeness (QED) is 0.318. The van der Waals surface area contributed by atoms with Gasteiger partial charge in [0, 0.05) is 42.7 Å². The van der Waals surface area contributed by atoms with E-state index in [1.165, 1.54) is 11.3 Å². The number of aliphatic hydroxyl groups is 1. The average molecular weight is 474 g/mol. The van der Waals surface area contributed by atoms with Crippen LogP contribution in [0.4, 0.5) is 16.0 Å². The van der Waals surface area contributed by atoms with Crippen LogP contribution in [-0.2, 0) is 11.8 Å². The average Bonchev–Trinajstić information content (AvgIpc) is 3.59. The van der Waals surface area contributed by atoms with Gasteiger partial charge in [0.15, 0.2) is 0 Å². The molecule has 33 heavy (non-hydrogen) atoms. The Balaban J connectivity index is 1.46. The summed E-state index contributed by atoms with van der Waals surface area (Å²) in [5, 5.41) is 22.1. The number of aromatic nitrogens is 5. The summed E-state index contributed by atoms with van der Waals surface area (Å²) in [6.07, 6.45) is 5.36. The second kappa shape index (κ2) is 9.43. The van der Waals surface area contributed by atoms with Crippen LogP contribution in [0.25, 0.3) is 16.7 Å². The summed E-state index contributed by atoms with van der Waals surface area (Å²) in [6.45, 7) is 0.708. The molecule has 0 amide bonds. The summed E-state index contributed by atoms with van der Waals surface area (Å²) in [4.78, 5) is 9.98. The van der Waals surface area contributed by atoms with Gasteiger partial charge in [-0.15, -0.1) is 11.3 Å². The third kappa shape index (κ3) is 4.69. The predicted molar refractivity (Wildman–Crippen MR) is 122 cm³/mol. The Labute approximate surface area is 193 Å². The standard InChI is InChI=1S/C21H24FN7O3S/c1-28-10-14(9-24-28)29-6-2-16-18(29)20(32-15-3-7-31-11-15)27-21(26-16)25-13-8-17(33-12-13)19(30)23-5-4-22/h2,6,8-10,12,15,19,23,30H,3-5,7,11H2,1H3,(H,25,26,27)/t15-,19?/m0/s1. The molecule has 1 fully saturated rings. The Kier molecular flexibility index (Phi) is 6.22. The molecule has 4 aromatic heterocycles. The first-order valence-electron chi connectivity index (χ1n) is 10.6. The molecule has 1 unspecified atom stereocenters. The monoisotopic (exact) mass is 473 g/mol. The van der Waals surface area contributed by atoms with Crippen molar-refractivity contribution in [2.24, 2.45) is 7.05 Å². The molecule has 5 heterocycles. The molecule has 3 N–H and O–H groups in total. The Morgan fingerprint density at radius 3 is 3.09 bits per heavy atom. The highest BCUT2D eigenvalue weighted by molar-refractivity contribution is 7.10. The van der Waals surface area contributed by atoms with Gasteiger partial charge in [0.05, 0.1) is 36.3 Å². The minimum absolute atomic E-state index is 0.0844. The number of thiophene rings is 1. The fourth-order valence-corrected chi connectivity index (χ4v) is 4.44. The summed E-state index contributed by atoms with van der Waals surface area (Å²) in [5.41, 5.74) is 3.06.